The van der Waals surface area contributed by atoms with Crippen molar-refractivity contribution in [1.29, 1.82) is 5.41 Å². The molecule has 4 heterocycles. The Balaban J connectivity index is 1.91. The van der Waals surface area contributed by atoms with Gasteiger partial charge in [0.05, 0.1) is 10.9 Å². The normalized spacial score (nSPS) is 14.1. The molecule has 1 aliphatic rings. The van der Waals surface area contributed by atoms with Crippen LogP contribution in [0.5, 0.6) is 0 Å². The van der Waals surface area contributed by atoms with Gasteiger partial charge in [0.25, 0.3) is 0 Å². The first-order valence-electron chi connectivity index (χ1n) is 10.3. The molecule has 0 bridgehead atoms. The molecule has 0 spiro atoms. The van der Waals surface area contributed by atoms with Gasteiger partial charge in [0.15, 0.2) is 5.65 Å². The zero-order chi connectivity index (χ0) is 23.3. The summed E-state index contributed by atoms with van der Waals surface area (Å²) in [5, 5.41) is 25.1. The topological polar surface area (TPSA) is 117 Å². The number of hydrogen-bond donors (Lipinski definition) is 2. The zero-order valence-corrected chi connectivity index (χ0v) is 18.4. The molecule has 0 fully saturated rings. The largest absolute Gasteiger partial charge is 0.353 e. The maximum absolute atomic E-state index is 13.2. The summed E-state index contributed by atoms with van der Waals surface area (Å²) in [7, 11) is 1.85. The van der Waals surface area contributed by atoms with Gasteiger partial charge in [-0.3, -0.25) is 10.6 Å². The molecule has 10 nitrogen and oxygen atoms in total. The van der Waals surface area contributed by atoms with Crippen molar-refractivity contribution in [3.05, 3.63) is 93.4 Å². The van der Waals surface area contributed by atoms with Gasteiger partial charge in [-0.1, -0.05) is 30.3 Å². The van der Waals surface area contributed by atoms with Crippen LogP contribution < -0.4 is 16.5 Å². The predicted octanol–water partition coefficient (Wildman–Crippen LogP) is 1.20. The maximum atomic E-state index is 13.2. The Hall–Kier alpha value is -4.31. The molecule has 0 aliphatic carbocycles. The molecule has 1 aliphatic heterocycles. The summed E-state index contributed by atoms with van der Waals surface area (Å²) in [5.74, 6) is 0.664. The second-order valence-corrected chi connectivity index (χ2v) is 7.92. The van der Waals surface area contributed by atoms with E-state index in [1.165, 1.54) is 9.08 Å². The number of fused-ring (bicyclic) bond motifs is 1. The van der Waals surface area contributed by atoms with E-state index in [1.807, 2.05) is 54.1 Å². The Morgan fingerprint density at radius 1 is 1.09 bits per heavy atom. The summed E-state index contributed by atoms with van der Waals surface area (Å²) in [6.07, 6.45) is 7.07. The molecule has 166 valence electrons. The minimum atomic E-state index is -0.465. The van der Waals surface area contributed by atoms with Crippen LogP contribution in [0.3, 0.4) is 0 Å². The summed E-state index contributed by atoms with van der Waals surface area (Å²) in [5.41, 5.74) is 2.96. The molecule has 0 saturated heterocycles. The maximum Gasteiger partial charge on any atom is 0.353 e. The molecule has 0 atom stereocenters. The number of nitrogens with one attached hydrogen (secondary N) is 1. The van der Waals surface area contributed by atoms with Crippen LogP contribution >= 0.6 is 0 Å². The smallest absolute Gasteiger partial charge is 0.336 e. The molecular formula is C23H22N8O2. The van der Waals surface area contributed by atoms with Gasteiger partial charge in [0.1, 0.15) is 12.4 Å². The third kappa shape index (κ3) is 3.37. The highest BCUT2D eigenvalue weighted by atomic mass is 16.5. The van der Waals surface area contributed by atoms with Gasteiger partial charge < -0.3 is 4.57 Å². The van der Waals surface area contributed by atoms with Gasteiger partial charge in [-0.15, -0.1) is 5.10 Å². The van der Waals surface area contributed by atoms with Gasteiger partial charge >= 0.3 is 5.69 Å². The van der Waals surface area contributed by atoms with E-state index >= 15 is 0 Å². The molecule has 3 aromatic heterocycles. The van der Waals surface area contributed by atoms with Crippen LogP contribution in [0.1, 0.15) is 19.7 Å². The highest BCUT2D eigenvalue weighted by Gasteiger charge is 2.20. The minimum Gasteiger partial charge on any atom is -0.336 e. The van der Waals surface area contributed by atoms with Crippen LogP contribution in [0, 0.1) is 5.41 Å². The van der Waals surface area contributed by atoms with E-state index in [2.05, 4.69) is 15.1 Å². The highest BCUT2D eigenvalue weighted by molar-refractivity contribution is 5.79. The van der Waals surface area contributed by atoms with Crippen LogP contribution in [-0.2, 0) is 13.6 Å². The van der Waals surface area contributed by atoms with Crippen molar-refractivity contribution < 1.29 is 5.21 Å². The van der Waals surface area contributed by atoms with E-state index in [0.717, 1.165) is 16.2 Å². The number of hydroxylamine groups is 2. The average Bonchev–Trinajstić information content (AvgIpc) is 3.35. The van der Waals surface area contributed by atoms with Crippen molar-refractivity contribution in [2.75, 3.05) is 0 Å². The number of rotatable bonds is 3. The Morgan fingerprint density at radius 3 is 2.42 bits per heavy atom. The van der Waals surface area contributed by atoms with Crippen molar-refractivity contribution in [1.82, 2.24) is 33.8 Å². The lowest BCUT2D eigenvalue weighted by Crippen LogP contribution is -2.34. The van der Waals surface area contributed by atoms with E-state index in [-0.39, 0.29) is 12.2 Å². The predicted molar refractivity (Wildman–Crippen MR) is 121 cm³/mol. The summed E-state index contributed by atoms with van der Waals surface area (Å²) < 4.78 is 4.32. The number of allylic oxidation sites excluding steroid dienone is 4. The van der Waals surface area contributed by atoms with Crippen molar-refractivity contribution in [3.8, 4) is 11.3 Å². The summed E-state index contributed by atoms with van der Waals surface area (Å²) >= 11 is 0. The molecular weight excluding hydrogens is 420 g/mol. The molecule has 1 aromatic carbocycles. The number of imidazole rings is 1. The van der Waals surface area contributed by atoms with Crippen molar-refractivity contribution in [3.63, 3.8) is 0 Å². The van der Waals surface area contributed by atoms with Crippen molar-refractivity contribution >= 4 is 11.2 Å². The van der Waals surface area contributed by atoms with Crippen molar-refractivity contribution in [2.24, 2.45) is 7.05 Å². The van der Waals surface area contributed by atoms with Gasteiger partial charge in [-0.2, -0.15) is 0 Å². The molecule has 0 saturated carbocycles. The number of benzene rings is 1. The highest BCUT2D eigenvalue weighted by Crippen LogP contribution is 2.22. The SMILES string of the molecule is CC1=CC(=c2c(-c3ccccc3)nc(=N)n3c(=O)n(Cc4nccn4C)nc23)C=C(C)N1O. The van der Waals surface area contributed by atoms with Crippen LogP contribution in [0.25, 0.3) is 22.5 Å². The Labute approximate surface area is 188 Å². The minimum absolute atomic E-state index is 0.160. The fourth-order valence-electron chi connectivity index (χ4n) is 3.97. The first-order valence-corrected chi connectivity index (χ1v) is 10.3. The fraction of sp³-hybridized carbons (Fsp3) is 0.174. The molecule has 33 heavy (non-hydrogen) atoms. The zero-order valence-electron chi connectivity index (χ0n) is 18.4. The Morgan fingerprint density at radius 2 is 1.79 bits per heavy atom. The van der Waals surface area contributed by atoms with Crippen LogP contribution in [0.4, 0.5) is 0 Å². The Bertz CT molecular complexity index is 1600. The van der Waals surface area contributed by atoms with Gasteiger partial charge in [-0.25, -0.2) is 28.9 Å². The molecule has 10 heteroatoms. The lowest BCUT2D eigenvalue weighted by Gasteiger charge is -2.22. The molecule has 0 radical (unpaired) electrons. The quantitative estimate of drug-likeness (QED) is 0.492. The van der Waals surface area contributed by atoms with Crippen LogP contribution in [-0.4, -0.2) is 39.0 Å². The summed E-state index contributed by atoms with van der Waals surface area (Å²) in [4.78, 5) is 22.0. The fourth-order valence-corrected chi connectivity index (χ4v) is 3.97. The molecule has 0 unspecified atom stereocenters. The molecule has 2 N–H and O–H groups in total. The van der Waals surface area contributed by atoms with E-state index < -0.39 is 5.69 Å². The van der Waals surface area contributed by atoms with Gasteiger partial charge in [0.2, 0.25) is 5.62 Å². The number of aromatic nitrogens is 6. The molecule has 4 aromatic rings. The third-order valence-corrected chi connectivity index (χ3v) is 5.67. The van der Waals surface area contributed by atoms with Crippen molar-refractivity contribution in [2.45, 2.75) is 20.4 Å². The van der Waals surface area contributed by atoms with E-state index in [1.54, 1.807) is 26.2 Å². The standard InChI is InChI=1S/C23H22N8O2/c1-14-11-17(12-15(2)31(14)33)19-20(16-7-5-4-6-8-16)26-22(24)30-21(19)27-29(23(30)32)13-18-25-9-10-28(18)3/h4-12,24,33H,13H2,1-3H3. The van der Waals surface area contributed by atoms with E-state index in [0.29, 0.717) is 33.8 Å². The first kappa shape index (κ1) is 20.6. The number of hydrogen-bond acceptors (Lipinski definition) is 7. The second kappa shape index (κ2) is 7.68. The summed E-state index contributed by atoms with van der Waals surface area (Å²) in [6.45, 7) is 3.73. The summed E-state index contributed by atoms with van der Waals surface area (Å²) in [6, 6.07) is 9.49. The van der Waals surface area contributed by atoms with Gasteiger partial charge in [0, 0.05) is 36.4 Å². The lowest BCUT2D eigenvalue weighted by molar-refractivity contribution is -0.0190. The lowest BCUT2D eigenvalue weighted by atomic mass is 10.0. The number of nitrogens with zero attached hydrogens (tertiary/aromatic N) is 7. The third-order valence-electron chi connectivity index (χ3n) is 5.67. The molecule has 5 rings (SSSR count). The number of aryl methyl sites for hydroxylation is 1. The molecule has 0 amide bonds. The Kier molecular flexibility index (Phi) is 4.79. The van der Waals surface area contributed by atoms with E-state index in [4.69, 9.17) is 5.41 Å². The van der Waals surface area contributed by atoms with E-state index in [9.17, 15) is 10.0 Å². The first-order chi connectivity index (χ1) is 15.8. The van der Waals surface area contributed by atoms with Gasteiger partial charge in [-0.05, 0) is 31.6 Å². The monoisotopic (exact) mass is 442 g/mol. The van der Waals surface area contributed by atoms with Crippen LogP contribution in [0.2, 0.25) is 0 Å². The van der Waals surface area contributed by atoms with Crippen LogP contribution in [0.15, 0.2) is 71.1 Å². The average molecular weight is 442 g/mol. The second-order valence-electron chi connectivity index (χ2n) is 7.92.